The van der Waals surface area contributed by atoms with Gasteiger partial charge in [-0.2, -0.15) is 11.8 Å². The molecule has 0 saturated carbocycles. The van der Waals surface area contributed by atoms with E-state index in [2.05, 4.69) is 10.3 Å². The summed E-state index contributed by atoms with van der Waals surface area (Å²) in [6.45, 7) is 1.28. The van der Waals surface area contributed by atoms with Crippen LogP contribution in [0.5, 0.6) is 0 Å². The maximum absolute atomic E-state index is 10.9. The van der Waals surface area contributed by atoms with Gasteiger partial charge in [0.1, 0.15) is 11.2 Å². The molecule has 1 heterocycles. The van der Waals surface area contributed by atoms with Gasteiger partial charge in [0, 0.05) is 29.6 Å². The average molecular weight is 323 g/mol. The molecule has 0 aliphatic heterocycles. The van der Waals surface area contributed by atoms with E-state index in [1.54, 1.807) is 6.20 Å². The Balaban J connectivity index is 2.52. The highest BCUT2D eigenvalue weighted by Crippen LogP contribution is 2.23. The molecule has 19 heavy (non-hydrogen) atoms. The van der Waals surface area contributed by atoms with E-state index >= 15 is 0 Å². The molecular weight excluding hydrogens is 311 g/mol. The molecule has 0 spiro atoms. The first-order valence-electron chi connectivity index (χ1n) is 5.27. The second-order valence-electron chi connectivity index (χ2n) is 3.70. The van der Waals surface area contributed by atoms with Crippen LogP contribution in [0.4, 0.5) is 0 Å². The standard InChI is InChI=1S/C11H12Cl2N2O3S/c1-6(16)15-9(11(17)18)5-19-4-7-3-14-10(13)2-8(7)12/h2-3,9H,4-5H2,1H3,(H,15,16)(H,17,18)/t9-/m0/s1. The first kappa shape index (κ1) is 16.1. The van der Waals surface area contributed by atoms with Gasteiger partial charge < -0.3 is 10.4 Å². The Morgan fingerprint density at radius 1 is 1.53 bits per heavy atom. The predicted molar refractivity (Wildman–Crippen MR) is 75.7 cm³/mol. The van der Waals surface area contributed by atoms with Crippen LogP contribution in [0.25, 0.3) is 0 Å². The Kier molecular flexibility index (Phi) is 6.41. The number of carbonyl (C=O) groups is 2. The van der Waals surface area contributed by atoms with Crippen molar-refractivity contribution in [3.8, 4) is 0 Å². The minimum absolute atomic E-state index is 0.244. The van der Waals surface area contributed by atoms with Gasteiger partial charge in [-0.25, -0.2) is 9.78 Å². The molecule has 1 amide bonds. The SMILES string of the molecule is CC(=O)N[C@@H](CSCc1cnc(Cl)cc1Cl)C(=O)O. The molecule has 8 heteroatoms. The fourth-order valence-corrected chi connectivity index (χ4v) is 2.79. The third-order valence-electron chi connectivity index (χ3n) is 2.11. The van der Waals surface area contributed by atoms with Crippen LogP contribution in [0.2, 0.25) is 10.2 Å². The van der Waals surface area contributed by atoms with E-state index in [0.29, 0.717) is 15.9 Å². The fraction of sp³-hybridized carbons (Fsp3) is 0.364. The Labute approximate surface area is 124 Å². The van der Waals surface area contributed by atoms with Gasteiger partial charge in [0.05, 0.1) is 0 Å². The Bertz CT molecular complexity index is 485. The highest BCUT2D eigenvalue weighted by molar-refractivity contribution is 7.98. The van der Waals surface area contributed by atoms with Gasteiger partial charge in [0.15, 0.2) is 0 Å². The molecular formula is C11H12Cl2N2O3S. The van der Waals surface area contributed by atoms with Crippen LogP contribution in [0.3, 0.4) is 0 Å². The Hall–Kier alpha value is -0.980. The van der Waals surface area contributed by atoms with Crippen molar-refractivity contribution < 1.29 is 14.7 Å². The lowest BCUT2D eigenvalue weighted by molar-refractivity contribution is -0.140. The molecule has 2 N–H and O–H groups in total. The number of amides is 1. The summed E-state index contributed by atoms with van der Waals surface area (Å²) in [5.74, 6) is -0.706. The number of pyridine rings is 1. The molecule has 0 unspecified atom stereocenters. The number of rotatable bonds is 6. The summed E-state index contributed by atoms with van der Waals surface area (Å²) in [4.78, 5) is 25.7. The van der Waals surface area contributed by atoms with Crippen molar-refractivity contribution in [3.05, 3.63) is 28.0 Å². The number of hydrogen-bond acceptors (Lipinski definition) is 4. The maximum atomic E-state index is 10.9. The fourth-order valence-electron chi connectivity index (χ4n) is 1.25. The van der Waals surface area contributed by atoms with Crippen LogP contribution in [-0.2, 0) is 15.3 Å². The number of thioether (sulfide) groups is 1. The molecule has 0 aliphatic rings. The zero-order valence-corrected chi connectivity index (χ0v) is 12.3. The third kappa shape index (κ3) is 5.67. The van der Waals surface area contributed by atoms with Gasteiger partial charge in [-0.3, -0.25) is 4.79 Å². The van der Waals surface area contributed by atoms with Crippen LogP contribution in [0, 0.1) is 0 Å². The topological polar surface area (TPSA) is 79.3 Å². The summed E-state index contributed by atoms with van der Waals surface area (Å²) in [7, 11) is 0. The van der Waals surface area contributed by atoms with Crippen LogP contribution in [0.15, 0.2) is 12.3 Å². The van der Waals surface area contributed by atoms with Crippen molar-refractivity contribution in [1.82, 2.24) is 10.3 Å². The number of carboxylic acid groups (broad SMARTS) is 1. The van der Waals surface area contributed by atoms with E-state index in [4.69, 9.17) is 28.3 Å². The van der Waals surface area contributed by atoms with Crippen molar-refractivity contribution >= 4 is 46.8 Å². The maximum Gasteiger partial charge on any atom is 0.327 e. The smallest absolute Gasteiger partial charge is 0.327 e. The number of hydrogen-bond donors (Lipinski definition) is 2. The van der Waals surface area contributed by atoms with E-state index in [1.165, 1.54) is 24.8 Å². The number of nitrogens with zero attached hydrogens (tertiary/aromatic N) is 1. The molecule has 1 aromatic heterocycles. The number of carbonyl (C=O) groups excluding carboxylic acids is 1. The lowest BCUT2D eigenvalue weighted by atomic mass is 10.3. The number of aromatic nitrogens is 1. The second kappa shape index (κ2) is 7.57. The molecule has 0 bridgehead atoms. The molecule has 0 fully saturated rings. The zero-order valence-electron chi connectivity index (χ0n) is 10.0. The summed E-state index contributed by atoms with van der Waals surface area (Å²) in [6.07, 6.45) is 1.55. The average Bonchev–Trinajstić information content (AvgIpc) is 2.29. The van der Waals surface area contributed by atoms with Crippen molar-refractivity contribution in [2.24, 2.45) is 0 Å². The molecule has 5 nitrogen and oxygen atoms in total. The molecule has 104 valence electrons. The van der Waals surface area contributed by atoms with Gasteiger partial charge in [-0.1, -0.05) is 23.2 Å². The van der Waals surface area contributed by atoms with E-state index in [0.717, 1.165) is 5.56 Å². The quantitative estimate of drug-likeness (QED) is 0.785. The summed E-state index contributed by atoms with van der Waals surface area (Å²) >= 11 is 13.0. The molecule has 0 aliphatic carbocycles. The summed E-state index contributed by atoms with van der Waals surface area (Å²) in [5.41, 5.74) is 0.767. The van der Waals surface area contributed by atoms with E-state index in [1.807, 2.05) is 0 Å². The van der Waals surface area contributed by atoms with E-state index < -0.39 is 12.0 Å². The molecule has 0 saturated heterocycles. The van der Waals surface area contributed by atoms with Crippen molar-refractivity contribution in [1.29, 1.82) is 0 Å². The largest absolute Gasteiger partial charge is 0.480 e. The number of nitrogens with one attached hydrogen (secondary N) is 1. The van der Waals surface area contributed by atoms with Gasteiger partial charge in [0.2, 0.25) is 5.91 Å². The van der Waals surface area contributed by atoms with Crippen LogP contribution < -0.4 is 5.32 Å². The van der Waals surface area contributed by atoms with Crippen LogP contribution >= 0.6 is 35.0 Å². The Morgan fingerprint density at radius 2 is 2.21 bits per heavy atom. The lowest BCUT2D eigenvalue weighted by Gasteiger charge is -2.12. The summed E-state index contributed by atoms with van der Waals surface area (Å²) < 4.78 is 0. The van der Waals surface area contributed by atoms with E-state index in [-0.39, 0.29) is 11.7 Å². The zero-order chi connectivity index (χ0) is 14.4. The van der Waals surface area contributed by atoms with Crippen molar-refractivity contribution in [2.45, 2.75) is 18.7 Å². The van der Waals surface area contributed by atoms with Crippen LogP contribution in [-0.4, -0.2) is 33.8 Å². The molecule has 0 aromatic carbocycles. The first-order chi connectivity index (χ1) is 8.90. The number of aliphatic carboxylic acids is 1. The molecule has 1 rings (SSSR count). The van der Waals surface area contributed by atoms with E-state index in [9.17, 15) is 9.59 Å². The van der Waals surface area contributed by atoms with Gasteiger partial charge in [-0.15, -0.1) is 0 Å². The minimum Gasteiger partial charge on any atom is -0.480 e. The Morgan fingerprint density at radius 3 is 2.74 bits per heavy atom. The van der Waals surface area contributed by atoms with Gasteiger partial charge in [0.25, 0.3) is 0 Å². The normalized spacial score (nSPS) is 11.9. The molecule has 0 radical (unpaired) electrons. The predicted octanol–water partition coefficient (Wildman–Crippen LogP) is 2.21. The molecule has 1 aromatic rings. The second-order valence-corrected chi connectivity index (χ2v) is 5.53. The molecule has 1 atom stereocenters. The number of halogens is 2. The monoisotopic (exact) mass is 322 g/mol. The lowest BCUT2D eigenvalue weighted by Crippen LogP contribution is -2.41. The highest BCUT2D eigenvalue weighted by atomic mass is 35.5. The third-order valence-corrected chi connectivity index (χ3v) is 3.76. The minimum atomic E-state index is -1.07. The highest BCUT2D eigenvalue weighted by Gasteiger charge is 2.18. The van der Waals surface area contributed by atoms with Gasteiger partial charge >= 0.3 is 5.97 Å². The number of carboxylic acids is 1. The summed E-state index contributed by atoms with van der Waals surface area (Å²) in [5, 5.41) is 12.1. The van der Waals surface area contributed by atoms with Crippen LogP contribution in [0.1, 0.15) is 12.5 Å². The van der Waals surface area contributed by atoms with Crippen molar-refractivity contribution in [2.75, 3.05) is 5.75 Å². The summed E-state index contributed by atoms with van der Waals surface area (Å²) in [6, 6.07) is 0.614. The first-order valence-corrected chi connectivity index (χ1v) is 7.18. The van der Waals surface area contributed by atoms with Gasteiger partial charge in [-0.05, 0) is 11.6 Å². The van der Waals surface area contributed by atoms with Crippen molar-refractivity contribution in [3.63, 3.8) is 0 Å².